The van der Waals surface area contributed by atoms with Gasteiger partial charge < -0.3 is 14.6 Å². The number of hydrogen-bond donors (Lipinski definition) is 1. The lowest BCUT2D eigenvalue weighted by molar-refractivity contribution is -0.137. The first kappa shape index (κ1) is 17.1. The maximum Gasteiger partial charge on any atom is 0.416 e. The molecule has 1 aliphatic rings. The first-order chi connectivity index (χ1) is 11.8. The molecule has 0 saturated carbocycles. The average Bonchev–Trinajstić information content (AvgIpc) is 3.18. The lowest BCUT2D eigenvalue weighted by atomic mass is 10.1. The minimum atomic E-state index is -4.42. The van der Waals surface area contributed by atoms with E-state index in [1.54, 1.807) is 12.1 Å². The van der Waals surface area contributed by atoms with Crippen LogP contribution >= 0.6 is 0 Å². The third-order valence-corrected chi connectivity index (χ3v) is 3.99. The van der Waals surface area contributed by atoms with Crippen LogP contribution in [0.2, 0.25) is 0 Å². The molecule has 25 heavy (non-hydrogen) atoms. The Morgan fingerprint density at radius 2 is 1.96 bits per heavy atom. The van der Waals surface area contributed by atoms with E-state index in [1.807, 2.05) is 0 Å². The van der Waals surface area contributed by atoms with E-state index < -0.39 is 23.6 Å². The van der Waals surface area contributed by atoms with Gasteiger partial charge in [-0.05, 0) is 36.4 Å². The van der Waals surface area contributed by atoms with E-state index in [2.05, 4.69) is 5.32 Å². The van der Waals surface area contributed by atoms with Gasteiger partial charge in [0, 0.05) is 18.7 Å². The first-order valence-electron chi connectivity index (χ1n) is 7.61. The Balaban J connectivity index is 1.59. The summed E-state index contributed by atoms with van der Waals surface area (Å²) in [5.74, 6) is -0.485. The number of amides is 2. The van der Waals surface area contributed by atoms with Crippen LogP contribution in [0.3, 0.4) is 0 Å². The highest BCUT2D eigenvalue weighted by Gasteiger charge is 2.35. The second kappa shape index (κ2) is 6.62. The molecule has 0 aliphatic carbocycles. The number of anilines is 1. The number of nitrogens with one attached hydrogen (secondary N) is 1. The molecular weight excluding hydrogens is 337 g/mol. The molecule has 2 heterocycles. The van der Waals surface area contributed by atoms with E-state index in [4.69, 9.17) is 4.42 Å². The van der Waals surface area contributed by atoms with E-state index in [0.717, 1.165) is 12.1 Å². The van der Waals surface area contributed by atoms with Gasteiger partial charge in [-0.1, -0.05) is 0 Å². The molecule has 0 unspecified atom stereocenters. The molecule has 5 nitrogen and oxygen atoms in total. The molecule has 0 spiro atoms. The molecule has 2 aromatic rings. The molecule has 1 N–H and O–H groups in total. The summed E-state index contributed by atoms with van der Waals surface area (Å²) in [5, 5.41) is 2.55. The van der Waals surface area contributed by atoms with Crippen molar-refractivity contribution in [2.24, 2.45) is 5.92 Å². The molecule has 1 saturated heterocycles. The van der Waals surface area contributed by atoms with Gasteiger partial charge in [0.15, 0.2) is 0 Å². The summed E-state index contributed by atoms with van der Waals surface area (Å²) in [7, 11) is 0. The molecule has 3 rings (SSSR count). The average molecular weight is 352 g/mol. The number of carbonyl (C=O) groups excluding carboxylic acids is 2. The topological polar surface area (TPSA) is 62.6 Å². The monoisotopic (exact) mass is 352 g/mol. The van der Waals surface area contributed by atoms with Gasteiger partial charge in [0.05, 0.1) is 24.3 Å². The Morgan fingerprint density at radius 1 is 1.24 bits per heavy atom. The lowest BCUT2D eigenvalue weighted by Gasteiger charge is -2.15. The summed E-state index contributed by atoms with van der Waals surface area (Å²) in [6.45, 7) is 0.530. The van der Waals surface area contributed by atoms with Crippen molar-refractivity contribution in [3.05, 3.63) is 54.0 Å². The van der Waals surface area contributed by atoms with Crippen LogP contribution in [0.25, 0.3) is 0 Å². The number of rotatable bonds is 4. The maximum absolute atomic E-state index is 12.5. The van der Waals surface area contributed by atoms with Crippen LogP contribution in [0.1, 0.15) is 17.7 Å². The predicted molar refractivity (Wildman–Crippen MR) is 82.3 cm³/mol. The predicted octanol–water partition coefficient (Wildman–Crippen LogP) is 3.29. The van der Waals surface area contributed by atoms with Crippen molar-refractivity contribution in [1.29, 1.82) is 0 Å². The quantitative estimate of drug-likeness (QED) is 0.918. The number of carbonyl (C=O) groups is 2. The number of likely N-dealkylation sites (tertiary alicyclic amines) is 1. The second-order valence-corrected chi connectivity index (χ2v) is 5.82. The van der Waals surface area contributed by atoms with Crippen LogP contribution in [0.5, 0.6) is 0 Å². The standard InChI is InChI=1S/C17H15F3N2O3/c18-17(19,20)12-3-5-13(6-4-12)21-16(24)11-8-15(23)22(9-11)10-14-2-1-7-25-14/h1-7,11H,8-10H2,(H,21,24)/t11-/m0/s1. The number of hydrogen-bond acceptors (Lipinski definition) is 3. The summed E-state index contributed by atoms with van der Waals surface area (Å²) in [5.41, 5.74) is -0.527. The molecule has 2 amide bonds. The zero-order valence-electron chi connectivity index (χ0n) is 13.0. The smallest absolute Gasteiger partial charge is 0.416 e. The fourth-order valence-electron chi connectivity index (χ4n) is 2.68. The number of furan rings is 1. The van der Waals surface area contributed by atoms with Crippen molar-refractivity contribution in [2.45, 2.75) is 19.1 Å². The van der Waals surface area contributed by atoms with Crippen molar-refractivity contribution in [1.82, 2.24) is 4.90 Å². The third-order valence-electron chi connectivity index (χ3n) is 3.99. The van der Waals surface area contributed by atoms with Gasteiger partial charge in [0.1, 0.15) is 5.76 Å². The molecule has 1 aliphatic heterocycles. The van der Waals surface area contributed by atoms with Crippen molar-refractivity contribution in [3.63, 3.8) is 0 Å². The normalized spacial score (nSPS) is 17.8. The highest BCUT2D eigenvalue weighted by Crippen LogP contribution is 2.30. The number of halogens is 3. The van der Waals surface area contributed by atoms with Gasteiger partial charge in [-0.15, -0.1) is 0 Å². The van der Waals surface area contributed by atoms with Gasteiger partial charge >= 0.3 is 6.18 Å². The Labute approximate surface area is 141 Å². The fraction of sp³-hybridized carbons (Fsp3) is 0.294. The van der Waals surface area contributed by atoms with Crippen molar-refractivity contribution >= 4 is 17.5 Å². The Hall–Kier alpha value is -2.77. The molecule has 1 aromatic heterocycles. The minimum absolute atomic E-state index is 0.0627. The number of alkyl halides is 3. The second-order valence-electron chi connectivity index (χ2n) is 5.82. The van der Waals surface area contributed by atoms with E-state index in [0.29, 0.717) is 5.76 Å². The molecule has 1 aromatic carbocycles. The molecule has 0 bridgehead atoms. The van der Waals surface area contributed by atoms with E-state index in [1.165, 1.54) is 23.3 Å². The molecule has 132 valence electrons. The maximum atomic E-state index is 12.5. The summed E-state index contributed by atoms with van der Waals surface area (Å²) >= 11 is 0. The Kier molecular flexibility index (Phi) is 4.52. The molecule has 0 radical (unpaired) electrons. The van der Waals surface area contributed by atoms with Crippen LogP contribution in [0, 0.1) is 5.92 Å². The van der Waals surface area contributed by atoms with Gasteiger partial charge in [-0.3, -0.25) is 9.59 Å². The molecule has 8 heteroatoms. The largest absolute Gasteiger partial charge is 0.467 e. The van der Waals surface area contributed by atoms with Crippen molar-refractivity contribution in [2.75, 3.05) is 11.9 Å². The Bertz CT molecular complexity index is 754. The zero-order valence-corrected chi connectivity index (χ0v) is 13.0. The van der Waals surface area contributed by atoms with Gasteiger partial charge in [-0.2, -0.15) is 13.2 Å². The first-order valence-corrected chi connectivity index (χ1v) is 7.61. The van der Waals surface area contributed by atoms with Gasteiger partial charge in [0.2, 0.25) is 11.8 Å². The highest BCUT2D eigenvalue weighted by atomic mass is 19.4. The van der Waals surface area contributed by atoms with E-state index in [-0.39, 0.29) is 31.1 Å². The SMILES string of the molecule is O=C(Nc1ccc(C(F)(F)F)cc1)[C@H]1CC(=O)N(Cc2ccco2)C1. The van der Waals surface area contributed by atoms with Crippen LogP contribution in [0.4, 0.5) is 18.9 Å². The zero-order chi connectivity index (χ0) is 18.0. The van der Waals surface area contributed by atoms with Crippen LogP contribution in [-0.2, 0) is 22.3 Å². The lowest BCUT2D eigenvalue weighted by Crippen LogP contribution is -2.27. The summed E-state index contributed by atoms with van der Waals surface area (Å²) in [6, 6.07) is 7.64. The van der Waals surface area contributed by atoms with Gasteiger partial charge in [-0.25, -0.2) is 0 Å². The van der Waals surface area contributed by atoms with E-state index in [9.17, 15) is 22.8 Å². The third kappa shape index (κ3) is 4.01. The molecule has 1 fully saturated rings. The van der Waals surface area contributed by atoms with Crippen molar-refractivity contribution < 1.29 is 27.2 Å². The Morgan fingerprint density at radius 3 is 2.56 bits per heavy atom. The fourth-order valence-corrected chi connectivity index (χ4v) is 2.68. The van der Waals surface area contributed by atoms with Crippen LogP contribution in [0.15, 0.2) is 47.1 Å². The molecule has 1 atom stereocenters. The van der Waals surface area contributed by atoms with Crippen molar-refractivity contribution in [3.8, 4) is 0 Å². The highest BCUT2D eigenvalue weighted by molar-refractivity contribution is 5.97. The summed E-state index contributed by atoms with van der Waals surface area (Å²) in [4.78, 5) is 25.8. The number of benzene rings is 1. The summed E-state index contributed by atoms with van der Waals surface area (Å²) in [6.07, 6.45) is -2.86. The van der Waals surface area contributed by atoms with Crippen LogP contribution in [-0.4, -0.2) is 23.3 Å². The minimum Gasteiger partial charge on any atom is -0.467 e. The summed E-state index contributed by atoms with van der Waals surface area (Å²) < 4.78 is 42.8. The number of nitrogens with zero attached hydrogens (tertiary/aromatic N) is 1. The molecular formula is C17H15F3N2O3. The van der Waals surface area contributed by atoms with E-state index >= 15 is 0 Å². The van der Waals surface area contributed by atoms with Gasteiger partial charge in [0.25, 0.3) is 0 Å². The van der Waals surface area contributed by atoms with Crippen LogP contribution < -0.4 is 5.32 Å².